The Balaban J connectivity index is 1.51. The van der Waals surface area contributed by atoms with Crippen LogP contribution in [0.15, 0.2) is 79.0 Å². The molecule has 2 amide bonds. The van der Waals surface area contributed by atoms with Crippen molar-refractivity contribution in [1.29, 1.82) is 0 Å². The number of aromatic nitrogens is 1. The predicted octanol–water partition coefficient (Wildman–Crippen LogP) is 4.34. The first kappa shape index (κ1) is 26.6. The van der Waals surface area contributed by atoms with Gasteiger partial charge in [0.1, 0.15) is 17.2 Å². The highest BCUT2D eigenvalue weighted by Crippen LogP contribution is 2.22. The maximum atomic E-state index is 13.0. The number of fused-ring (bicyclic) bond motifs is 1. The fourth-order valence-corrected chi connectivity index (χ4v) is 4.45. The molecule has 2 N–H and O–H groups in total. The van der Waals surface area contributed by atoms with E-state index < -0.39 is 0 Å². The summed E-state index contributed by atoms with van der Waals surface area (Å²) in [4.78, 5) is 30.7. The van der Waals surface area contributed by atoms with Crippen molar-refractivity contribution < 1.29 is 23.8 Å². The number of hydrogen-bond acceptors (Lipinski definition) is 5. The van der Waals surface area contributed by atoms with Crippen LogP contribution in [0.5, 0.6) is 17.2 Å². The van der Waals surface area contributed by atoms with Gasteiger partial charge in [0.05, 0.1) is 20.3 Å². The minimum absolute atomic E-state index is 0.0956. The molecule has 0 unspecified atom stereocenters. The molecule has 1 atom stereocenters. The van der Waals surface area contributed by atoms with Crippen molar-refractivity contribution in [2.45, 2.75) is 25.9 Å². The molecular weight excluding hydrogens is 482 g/mol. The van der Waals surface area contributed by atoms with Gasteiger partial charge in [-0.15, -0.1) is 0 Å². The third-order valence-electron chi connectivity index (χ3n) is 6.36. The lowest BCUT2D eigenvalue weighted by molar-refractivity contribution is -0.131. The summed E-state index contributed by atoms with van der Waals surface area (Å²) in [6.45, 7) is 2.05. The Morgan fingerprint density at radius 1 is 0.921 bits per heavy atom. The van der Waals surface area contributed by atoms with Gasteiger partial charge in [-0.2, -0.15) is 0 Å². The molecule has 4 aromatic rings. The Labute approximate surface area is 222 Å². The Morgan fingerprint density at radius 2 is 1.68 bits per heavy atom. The molecule has 0 saturated heterocycles. The first-order valence-corrected chi connectivity index (χ1v) is 12.5. The van der Waals surface area contributed by atoms with Crippen molar-refractivity contribution in [3.05, 3.63) is 90.1 Å². The summed E-state index contributed by atoms with van der Waals surface area (Å²) in [5.74, 6) is 1.52. The van der Waals surface area contributed by atoms with Crippen LogP contribution in [0, 0.1) is 0 Å². The van der Waals surface area contributed by atoms with Crippen molar-refractivity contribution in [2.75, 3.05) is 27.4 Å². The van der Waals surface area contributed by atoms with Gasteiger partial charge in [0.2, 0.25) is 5.91 Å². The molecule has 8 heteroatoms. The fraction of sp³-hybridized carbons (Fsp3) is 0.267. The van der Waals surface area contributed by atoms with Crippen LogP contribution in [0.1, 0.15) is 18.1 Å². The zero-order valence-corrected chi connectivity index (χ0v) is 21.9. The van der Waals surface area contributed by atoms with Crippen LogP contribution in [-0.2, 0) is 22.6 Å². The maximum absolute atomic E-state index is 13.0. The summed E-state index contributed by atoms with van der Waals surface area (Å²) >= 11 is 0. The van der Waals surface area contributed by atoms with Gasteiger partial charge in [0.25, 0.3) is 5.91 Å². The number of para-hydroxylation sites is 2. The molecule has 0 fully saturated rings. The van der Waals surface area contributed by atoms with Crippen LogP contribution in [0.3, 0.4) is 0 Å². The molecule has 1 aromatic heterocycles. The van der Waals surface area contributed by atoms with E-state index in [-0.39, 0.29) is 24.5 Å². The minimum atomic E-state index is -0.353. The molecule has 3 aromatic carbocycles. The smallest absolute Gasteiger partial charge is 0.258 e. The van der Waals surface area contributed by atoms with E-state index in [0.29, 0.717) is 36.8 Å². The lowest BCUT2D eigenvalue weighted by Crippen LogP contribution is -2.47. The highest BCUT2D eigenvalue weighted by molar-refractivity contribution is 5.83. The Hall–Kier alpha value is -4.46. The number of benzene rings is 3. The molecule has 0 aliphatic heterocycles. The average Bonchev–Trinajstić information content (AvgIpc) is 3.34. The van der Waals surface area contributed by atoms with E-state index in [9.17, 15) is 9.59 Å². The summed E-state index contributed by atoms with van der Waals surface area (Å²) in [6, 6.07) is 22.4. The number of hydrogen-bond donors (Lipinski definition) is 2. The maximum Gasteiger partial charge on any atom is 0.258 e. The topological polar surface area (TPSA) is 92.9 Å². The van der Waals surface area contributed by atoms with Crippen molar-refractivity contribution >= 4 is 22.7 Å². The van der Waals surface area contributed by atoms with Crippen molar-refractivity contribution in [2.24, 2.45) is 0 Å². The van der Waals surface area contributed by atoms with E-state index >= 15 is 0 Å². The minimum Gasteiger partial charge on any atom is -0.497 e. The van der Waals surface area contributed by atoms with Gasteiger partial charge in [-0.05, 0) is 36.2 Å². The second-order valence-electron chi connectivity index (χ2n) is 9.01. The summed E-state index contributed by atoms with van der Waals surface area (Å²) in [6.07, 6.45) is 2.49. The average molecular weight is 516 g/mol. The first-order valence-electron chi connectivity index (χ1n) is 12.5. The standard InChI is InChI=1S/C30H33N3O5/c1-21(34)33(18-22-9-4-7-14-29(22)37-3)19-24(15-23-17-31-28-13-6-5-12-27(23)28)32-30(35)20-38-26-11-8-10-25(16-26)36-2/h4-14,16-17,24,31H,15,18-20H2,1-3H3,(H,32,35)/t24-/m1/s1. The number of nitrogens with one attached hydrogen (secondary N) is 2. The van der Waals surface area contributed by atoms with Crippen molar-refractivity contribution in [1.82, 2.24) is 15.2 Å². The molecule has 0 aliphatic carbocycles. The lowest BCUT2D eigenvalue weighted by atomic mass is 10.0. The zero-order valence-electron chi connectivity index (χ0n) is 21.9. The van der Waals surface area contributed by atoms with E-state index in [1.165, 1.54) is 6.92 Å². The molecule has 0 spiro atoms. The second-order valence-corrected chi connectivity index (χ2v) is 9.01. The predicted molar refractivity (Wildman–Crippen MR) is 147 cm³/mol. The molecule has 0 aliphatic rings. The molecule has 0 bridgehead atoms. The second kappa shape index (κ2) is 12.7. The van der Waals surface area contributed by atoms with E-state index in [1.54, 1.807) is 37.3 Å². The zero-order chi connectivity index (χ0) is 26.9. The normalized spacial score (nSPS) is 11.6. The van der Waals surface area contributed by atoms with Crippen LogP contribution in [0.2, 0.25) is 0 Å². The van der Waals surface area contributed by atoms with E-state index in [0.717, 1.165) is 22.0 Å². The molecule has 0 radical (unpaired) electrons. The number of carbonyl (C=O) groups excluding carboxylic acids is 2. The highest BCUT2D eigenvalue weighted by Gasteiger charge is 2.22. The molecule has 0 saturated carbocycles. The summed E-state index contributed by atoms with van der Waals surface area (Å²) < 4.78 is 16.4. The first-order chi connectivity index (χ1) is 18.5. The van der Waals surface area contributed by atoms with Gasteiger partial charge < -0.3 is 29.4 Å². The van der Waals surface area contributed by atoms with Crippen LogP contribution >= 0.6 is 0 Å². The number of rotatable bonds is 12. The number of nitrogens with zero attached hydrogens (tertiary/aromatic N) is 1. The van der Waals surface area contributed by atoms with Crippen molar-refractivity contribution in [3.8, 4) is 17.2 Å². The lowest BCUT2D eigenvalue weighted by Gasteiger charge is -2.28. The SMILES string of the molecule is COc1cccc(OCC(=O)N[C@H](Cc2c[nH]c3ccccc23)CN(Cc2ccccc2OC)C(C)=O)c1. The van der Waals surface area contributed by atoms with Crippen LogP contribution < -0.4 is 19.5 Å². The monoisotopic (exact) mass is 515 g/mol. The summed E-state index contributed by atoms with van der Waals surface area (Å²) in [5.41, 5.74) is 2.97. The van der Waals surface area contributed by atoms with Gasteiger partial charge in [-0.25, -0.2) is 0 Å². The Bertz CT molecular complexity index is 1380. The van der Waals surface area contributed by atoms with E-state index in [1.807, 2.05) is 60.8 Å². The molecule has 38 heavy (non-hydrogen) atoms. The molecular formula is C30H33N3O5. The van der Waals surface area contributed by atoms with E-state index in [4.69, 9.17) is 14.2 Å². The molecule has 198 valence electrons. The van der Waals surface area contributed by atoms with Gasteiger partial charge >= 0.3 is 0 Å². The highest BCUT2D eigenvalue weighted by atomic mass is 16.5. The number of ether oxygens (including phenoxy) is 3. The Morgan fingerprint density at radius 3 is 2.47 bits per heavy atom. The van der Waals surface area contributed by atoms with Gasteiger partial charge in [0, 0.05) is 48.7 Å². The quantitative estimate of drug-likeness (QED) is 0.293. The van der Waals surface area contributed by atoms with Crippen LogP contribution in [0.4, 0.5) is 0 Å². The van der Waals surface area contributed by atoms with Crippen molar-refractivity contribution in [3.63, 3.8) is 0 Å². The van der Waals surface area contributed by atoms with E-state index in [2.05, 4.69) is 10.3 Å². The Kier molecular flexibility index (Phi) is 8.87. The largest absolute Gasteiger partial charge is 0.497 e. The number of H-pyrrole nitrogens is 1. The molecule has 1 heterocycles. The van der Waals surface area contributed by atoms with Gasteiger partial charge in [0.15, 0.2) is 6.61 Å². The summed E-state index contributed by atoms with van der Waals surface area (Å²) in [5, 5.41) is 4.17. The van der Waals surface area contributed by atoms with Gasteiger partial charge in [-0.3, -0.25) is 9.59 Å². The summed E-state index contributed by atoms with van der Waals surface area (Å²) in [7, 11) is 3.19. The number of carbonyl (C=O) groups is 2. The third kappa shape index (κ3) is 6.85. The third-order valence-corrected chi connectivity index (χ3v) is 6.36. The number of amides is 2. The van der Waals surface area contributed by atoms with Gasteiger partial charge in [-0.1, -0.05) is 42.5 Å². The molecule has 4 rings (SSSR count). The molecule has 8 nitrogen and oxygen atoms in total. The number of methoxy groups -OCH3 is 2. The van der Waals surface area contributed by atoms with Crippen LogP contribution in [0.25, 0.3) is 10.9 Å². The number of aromatic amines is 1. The fourth-order valence-electron chi connectivity index (χ4n) is 4.45. The van der Waals surface area contributed by atoms with Crippen LogP contribution in [-0.4, -0.2) is 55.1 Å².